The molecule has 4 nitrogen and oxygen atoms in total. The molecule has 2 aromatic heterocycles. The minimum atomic E-state index is -0.234. The molecule has 3 aromatic rings. The van der Waals surface area contributed by atoms with Crippen LogP contribution in [0.15, 0.2) is 36.5 Å². The maximum atomic E-state index is 9.72. The zero-order valence-electron chi connectivity index (χ0n) is 10.9. The van der Waals surface area contributed by atoms with E-state index in [1.807, 2.05) is 24.4 Å². The normalized spacial score (nSPS) is 18.6. The van der Waals surface area contributed by atoms with Gasteiger partial charge in [0.1, 0.15) is 5.82 Å². The summed E-state index contributed by atoms with van der Waals surface area (Å²) in [6, 6.07) is 10.3. The number of aliphatic hydroxyl groups excluding tert-OH is 1. The highest BCUT2D eigenvalue weighted by Crippen LogP contribution is 2.33. The molecule has 1 atom stereocenters. The van der Waals surface area contributed by atoms with E-state index in [-0.39, 0.29) is 18.5 Å². The van der Waals surface area contributed by atoms with E-state index < -0.39 is 0 Å². The van der Waals surface area contributed by atoms with Crippen LogP contribution >= 0.6 is 12.4 Å². The molecule has 20 heavy (non-hydrogen) atoms. The van der Waals surface area contributed by atoms with Crippen molar-refractivity contribution >= 4 is 40.0 Å². The van der Waals surface area contributed by atoms with Gasteiger partial charge < -0.3 is 15.0 Å². The molecule has 0 amide bonds. The summed E-state index contributed by atoms with van der Waals surface area (Å²) < 4.78 is 0. The number of nitrogens with zero attached hydrogens (tertiary/aromatic N) is 2. The summed E-state index contributed by atoms with van der Waals surface area (Å²) in [6.07, 6.45) is 2.42. The van der Waals surface area contributed by atoms with Gasteiger partial charge in [-0.05, 0) is 18.6 Å². The molecule has 0 aliphatic carbocycles. The van der Waals surface area contributed by atoms with Gasteiger partial charge in [0, 0.05) is 35.6 Å². The van der Waals surface area contributed by atoms with Crippen molar-refractivity contribution in [2.45, 2.75) is 12.5 Å². The van der Waals surface area contributed by atoms with Gasteiger partial charge in [-0.2, -0.15) is 0 Å². The van der Waals surface area contributed by atoms with Crippen molar-refractivity contribution in [1.29, 1.82) is 0 Å². The Kier molecular flexibility index (Phi) is 3.28. The number of halogens is 1. The monoisotopic (exact) mass is 289 g/mol. The first kappa shape index (κ1) is 13.2. The van der Waals surface area contributed by atoms with E-state index in [1.54, 1.807) is 0 Å². The predicted octanol–water partition coefficient (Wildman–Crippen LogP) is 2.71. The molecule has 4 rings (SSSR count). The lowest BCUT2D eigenvalue weighted by molar-refractivity contribution is 0.198. The molecule has 0 spiro atoms. The van der Waals surface area contributed by atoms with Gasteiger partial charge in [0.2, 0.25) is 0 Å². The van der Waals surface area contributed by atoms with Crippen molar-refractivity contribution in [2.75, 3.05) is 18.0 Å². The highest BCUT2D eigenvalue weighted by molar-refractivity contribution is 6.12. The molecule has 0 bridgehead atoms. The van der Waals surface area contributed by atoms with Crippen LogP contribution < -0.4 is 4.90 Å². The van der Waals surface area contributed by atoms with E-state index in [2.05, 4.69) is 27.0 Å². The van der Waals surface area contributed by atoms with Crippen LogP contribution in [0, 0.1) is 0 Å². The van der Waals surface area contributed by atoms with Gasteiger partial charge >= 0.3 is 0 Å². The number of fused-ring (bicyclic) bond motifs is 3. The third-order valence-electron chi connectivity index (χ3n) is 3.86. The van der Waals surface area contributed by atoms with E-state index >= 15 is 0 Å². The Morgan fingerprint density at radius 1 is 1.20 bits per heavy atom. The van der Waals surface area contributed by atoms with E-state index in [4.69, 9.17) is 0 Å². The van der Waals surface area contributed by atoms with Gasteiger partial charge in [-0.1, -0.05) is 18.2 Å². The van der Waals surface area contributed by atoms with Crippen LogP contribution in [0.25, 0.3) is 21.8 Å². The molecule has 1 unspecified atom stereocenters. The lowest BCUT2D eigenvalue weighted by Crippen LogP contribution is -2.22. The third-order valence-corrected chi connectivity index (χ3v) is 3.86. The average molecular weight is 290 g/mol. The van der Waals surface area contributed by atoms with Crippen molar-refractivity contribution in [3.8, 4) is 0 Å². The molecule has 2 N–H and O–H groups in total. The fourth-order valence-corrected chi connectivity index (χ4v) is 2.95. The van der Waals surface area contributed by atoms with E-state index in [0.29, 0.717) is 6.54 Å². The number of H-pyrrole nitrogens is 1. The van der Waals surface area contributed by atoms with Crippen LogP contribution in [0.5, 0.6) is 0 Å². The Hall–Kier alpha value is -1.78. The minimum Gasteiger partial charge on any atom is -0.391 e. The second kappa shape index (κ2) is 4.96. The van der Waals surface area contributed by atoms with Crippen LogP contribution in [0.1, 0.15) is 6.42 Å². The second-order valence-corrected chi connectivity index (χ2v) is 5.12. The molecule has 1 fully saturated rings. The summed E-state index contributed by atoms with van der Waals surface area (Å²) in [5.41, 5.74) is 2.24. The van der Waals surface area contributed by atoms with Crippen molar-refractivity contribution in [3.05, 3.63) is 36.5 Å². The van der Waals surface area contributed by atoms with Crippen LogP contribution in [-0.2, 0) is 0 Å². The number of para-hydroxylation sites is 1. The van der Waals surface area contributed by atoms with Gasteiger partial charge in [-0.15, -0.1) is 12.4 Å². The number of nitrogens with one attached hydrogen (secondary N) is 1. The zero-order chi connectivity index (χ0) is 12.8. The van der Waals surface area contributed by atoms with Crippen molar-refractivity contribution in [1.82, 2.24) is 9.97 Å². The van der Waals surface area contributed by atoms with Crippen LogP contribution in [0.3, 0.4) is 0 Å². The Morgan fingerprint density at radius 2 is 2.05 bits per heavy atom. The molecular weight excluding hydrogens is 274 g/mol. The first-order chi connectivity index (χ1) is 9.33. The number of aromatic nitrogens is 2. The van der Waals surface area contributed by atoms with Gasteiger partial charge in [-0.3, -0.25) is 0 Å². The molecule has 1 aromatic carbocycles. The highest BCUT2D eigenvalue weighted by atomic mass is 35.5. The maximum absolute atomic E-state index is 9.72. The summed E-state index contributed by atoms with van der Waals surface area (Å²) in [4.78, 5) is 10.1. The number of β-amino-alcohol motifs (C(OH)–C–C–N with tert-alkyl or cyclic N) is 1. The lowest BCUT2D eigenvalue weighted by Gasteiger charge is -2.17. The molecule has 5 heteroatoms. The zero-order valence-corrected chi connectivity index (χ0v) is 11.7. The number of rotatable bonds is 1. The standard InChI is InChI=1S/C15H15N3O.ClH/c19-10-6-8-18(9-10)15-14-11-3-1-2-4-12(11)17-13(14)5-7-16-15;/h1-5,7,10,17,19H,6,8-9H2;1H. The van der Waals surface area contributed by atoms with Gasteiger partial charge in [-0.25, -0.2) is 4.98 Å². The minimum absolute atomic E-state index is 0. The van der Waals surface area contributed by atoms with Gasteiger partial charge in [0.05, 0.1) is 11.6 Å². The maximum Gasteiger partial charge on any atom is 0.138 e. The van der Waals surface area contributed by atoms with E-state index in [1.165, 1.54) is 5.39 Å². The largest absolute Gasteiger partial charge is 0.391 e. The Labute approximate surface area is 122 Å². The average Bonchev–Trinajstić information content (AvgIpc) is 3.01. The van der Waals surface area contributed by atoms with Crippen LogP contribution in [-0.4, -0.2) is 34.3 Å². The number of pyridine rings is 1. The quantitative estimate of drug-likeness (QED) is 0.724. The number of hydrogen-bond donors (Lipinski definition) is 2. The predicted molar refractivity (Wildman–Crippen MR) is 83.7 cm³/mol. The molecule has 3 heterocycles. The van der Waals surface area contributed by atoms with Crippen molar-refractivity contribution < 1.29 is 5.11 Å². The molecular formula is C15H16ClN3O. The fourth-order valence-electron chi connectivity index (χ4n) is 2.95. The van der Waals surface area contributed by atoms with Crippen molar-refractivity contribution in [3.63, 3.8) is 0 Å². The van der Waals surface area contributed by atoms with Gasteiger partial charge in [0.15, 0.2) is 0 Å². The van der Waals surface area contributed by atoms with Crippen molar-refractivity contribution in [2.24, 2.45) is 0 Å². The number of benzene rings is 1. The molecule has 1 saturated heterocycles. The SMILES string of the molecule is Cl.OC1CCN(c2nccc3[nH]c4ccccc4c23)C1. The van der Waals surface area contributed by atoms with Crippen LogP contribution in [0.2, 0.25) is 0 Å². The molecule has 0 radical (unpaired) electrons. The van der Waals surface area contributed by atoms with E-state index in [9.17, 15) is 5.11 Å². The van der Waals surface area contributed by atoms with Gasteiger partial charge in [0.25, 0.3) is 0 Å². The Balaban J connectivity index is 0.00000121. The number of aliphatic hydroxyl groups is 1. The number of anilines is 1. The molecule has 1 aliphatic rings. The smallest absolute Gasteiger partial charge is 0.138 e. The fraction of sp³-hybridized carbons (Fsp3) is 0.267. The Bertz CT molecular complexity index is 755. The topological polar surface area (TPSA) is 52.1 Å². The highest BCUT2D eigenvalue weighted by Gasteiger charge is 2.23. The summed E-state index contributed by atoms with van der Waals surface area (Å²) in [5, 5.41) is 12.1. The van der Waals surface area contributed by atoms with E-state index in [0.717, 1.165) is 35.2 Å². The Morgan fingerprint density at radius 3 is 2.85 bits per heavy atom. The summed E-state index contributed by atoms with van der Waals surface area (Å²) >= 11 is 0. The first-order valence-corrected chi connectivity index (χ1v) is 6.61. The molecule has 104 valence electrons. The summed E-state index contributed by atoms with van der Waals surface area (Å²) in [6.45, 7) is 1.54. The third kappa shape index (κ3) is 1.92. The molecule has 0 saturated carbocycles. The van der Waals surface area contributed by atoms with Crippen LogP contribution in [0.4, 0.5) is 5.82 Å². The molecule has 1 aliphatic heterocycles. The summed E-state index contributed by atoms with van der Waals surface area (Å²) in [7, 11) is 0. The first-order valence-electron chi connectivity index (χ1n) is 6.61. The number of hydrogen-bond acceptors (Lipinski definition) is 3. The lowest BCUT2D eigenvalue weighted by atomic mass is 10.2. The second-order valence-electron chi connectivity index (χ2n) is 5.12. The number of aromatic amines is 1. The summed E-state index contributed by atoms with van der Waals surface area (Å²) in [5.74, 6) is 0.978.